The second-order valence-corrected chi connectivity index (χ2v) is 4.99. The number of rotatable bonds is 5. The second kappa shape index (κ2) is 5.73. The number of nitrogens with two attached hydrogens (primary N) is 1. The summed E-state index contributed by atoms with van der Waals surface area (Å²) in [6, 6.07) is 8.12. The van der Waals surface area contributed by atoms with Gasteiger partial charge in [-0.05, 0) is 18.6 Å². The molecule has 0 fully saturated rings. The minimum absolute atomic E-state index is 0.281. The lowest BCUT2D eigenvalue weighted by molar-refractivity contribution is -0.117. The number of primary amides is 1. The molecular formula is C13H15N3OS. The van der Waals surface area contributed by atoms with Crippen LogP contribution in [-0.2, 0) is 4.79 Å². The Labute approximate surface area is 110 Å². The van der Waals surface area contributed by atoms with E-state index in [4.69, 9.17) is 5.73 Å². The molecule has 2 rings (SSSR count). The van der Waals surface area contributed by atoms with E-state index in [0.29, 0.717) is 12.2 Å². The highest BCUT2D eigenvalue weighted by atomic mass is 32.2. The molecule has 0 aliphatic heterocycles. The Bertz CT molecular complexity index is 551. The number of hydrogen-bond acceptors (Lipinski definition) is 3. The molecule has 5 heteroatoms. The van der Waals surface area contributed by atoms with Crippen molar-refractivity contribution in [2.24, 2.45) is 5.73 Å². The zero-order valence-corrected chi connectivity index (χ0v) is 11.0. The molecule has 0 radical (unpaired) electrons. The van der Waals surface area contributed by atoms with E-state index in [-0.39, 0.29) is 5.91 Å². The maximum atomic E-state index is 10.7. The van der Waals surface area contributed by atoms with Crippen LogP contribution in [-0.4, -0.2) is 21.2 Å². The van der Waals surface area contributed by atoms with Crippen LogP contribution in [0.5, 0.6) is 0 Å². The summed E-state index contributed by atoms with van der Waals surface area (Å²) in [7, 11) is 0. The lowest BCUT2D eigenvalue weighted by Gasteiger charge is -2.09. The number of carbonyl (C=O) groups is 1. The second-order valence-electron chi connectivity index (χ2n) is 3.93. The van der Waals surface area contributed by atoms with Crippen molar-refractivity contribution in [2.45, 2.75) is 18.5 Å². The predicted octanol–water partition coefficient (Wildman–Crippen LogP) is 2.15. The minimum Gasteiger partial charge on any atom is -0.370 e. The number of nitrogens with zero attached hydrogens (tertiary/aromatic N) is 2. The predicted molar refractivity (Wildman–Crippen MR) is 72.8 cm³/mol. The van der Waals surface area contributed by atoms with E-state index in [1.54, 1.807) is 6.20 Å². The van der Waals surface area contributed by atoms with Crippen LogP contribution in [0.3, 0.4) is 0 Å². The number of benzene rings is 1. The lowest BCUT2D eigenvalue weighted by atomic mass is 10.2. The smallest absolute Gasteiger partial charge is 0.218 e. The van der Waals surface area contributed by atoms with Gasteiger partial charge in [0.2, 0.25) is 5.91 Å². The fraction of sp³-hybridized carbons (Fsp3) is 0.231. The number of aromatic nitrogens is 2. The Morgan fingerprint density at radius 2 is 2.22 bits per heavy atom. The number of amides is 1. The molecule has 18 heavy (non-hydrogen) atoms. The van der Waals surface area contributed by atoms with Crippen molar-refractivity contribution in [3.63, 3.8) is 0 Å². The van der Waals surface area contributed by atoms with Gasteiger partial charge >= 0.3 is 0 Å². The van der Waals surface area contributed by atoms with Crippen molar-refractivity contribution in [3.8, 4) is 5.69 Å². The number of carbonyl (C=O) groups excluding carboxylic acids is 1. The quantitative estimate of drug-likeness (QED) is 0.839. The van der Waals surface area contributed by atoms with Crippen molar-refractivity contribution in [1.29, 1.82) is 0 Å². The fourth-order valence-electron chi connectivity index (χ4n) is 1.66. The van der Waals surface area contributed by atoms with Crippen LogP contribution in [0.15, 0.2) is 41.8 Å². The number of imidazole rings is 1. The van der Waals surface area contributed by atoms with Crippen molar-refractivity contribution in [2.75, 3.05) is 5.75 Å². The summed E-state index contributed by atoms with van der Waals surface area (Å²) in [4.78, 5) is 15.0. The monoisotopic (exact) mass is 261 g/mol. The molecule has 1 heterocycles. The Kier molecular flexibility index (Phi) is 4.04. The summed E-state index contributed by atoms with van der Waals surface area (Å²) < 4.78 is 2.03. The van der Waals surface area contributed by atoms with E-state index in [1.165, 1.54) is 17.3 Å². The number of hydrogen-bond donors (Lipinski definition) is 1. The van der Waals surface area contributed by atoms with Crippen LogP contribution in [0.25, 0.3) is 5.69 Å². The molecule has 1 amide bonds. The van der Waals surface area contributed by atoms with Crippen LogP contribution in [0, 0.1) is 6.92 Å². The van der Waals surface area contributed by atoms with Gasteiger partial charge in [0.15, 0.2) is 5.16 Å². The van der Waals surface area contributed by atoms with Crippen LogP contribution >= 0.6 is 11.8 Å². The van der Waals surface area contributed by atoms with Crippen LogP contribution < -0.4 is 5.73 Å². The highest BCUT2D eigenvalue weighted by Crippen LogP contribution is 2.22. The highest BCUT2D eigenvalue weighted by Gasteiger charge is 2.07. The topological polar surface area (TPSA) is 60.9 Å². The van der Waals surface area contributed by atoms with Crippen molar-refractivity contribution in [3.05, 3.63) is 42.2 Å². The zero-order valence-electron chi connectivity index (χ0n) is 10.2. The van der Waals surface area contributed by atoms with Gasteiger partial charge < -0.3 is 5.73 Å². The molecule has 0 saturated heterocycles. The number of aryl methyl sites for hydroxylation is 1. The molecule has 0 aliphatic carbocycles. The summed E-state index contributed by atoms with van der Waals surface area (Å²) >= 11 is 1.54. The standard InChI is InChI=1S/C13H15N3OS/c1-10-4-2-3-5-11(10)16-8-7-15-13(16)18-9-6-12(14)17/h2-5,7-8H,6,9H2,1H3,(H2,14,17). The van der Waals surface area contributed by atoms with Gasteiger partial charge in [-0.3, -0.25) is 9.36 Å². The van der Waals surface area contributed by atoms with Crippen molar-refractivity contribution in [1.82, 2.24) is 9.55 Å². The molecule has 4 nitrogen and oxygen atoms in total. The molecule has 1 aromatic heterocycles. The third-order valence-corrected chi connectivity index (χ3v) is 3.53. The SMILES string of the molecule is Cc1ccccc1-n1ccnc1SCCC(N)=O. The molecule has 0 atom stereocenters. The normalized spacial score (nSPS) is 10.5. The molecular weight excluding hydrogens is 246 g/mol. The highest BCUT2D eigenvalue weighted by molar-refractivity contribution is 7.99. The summed E-state index contributed by atoms with van der Waals surface area (Å²) in [6.07, 6.45) is 4.05. The number of thioether (sulfide) groups is 1. The molecule has 1 aromatic carbocycles. The van der Waals surface area contributed by atoms with Crippen molar-refractivity contribution >= 4 is 17.7 Å². The van der Waals surface area contributed by atoms with E-state index in [1.807, 2.05) is 22.9 Å². The van der Waals surface area contributed by atoms with Gasteiger partial charge in [0.25, 0.3) is 0 Å². The number of para-hydroxylation sites is 1. The van der Waals surface area contributed by atoms with Gasteiger partial charge in [0.1, 0.15) is 0 Å². The first-order valence-electron chi connectivity index (χ1n) is 5.69. The Morgan fingerprint density at radius 1 is 1.44 bits per heavy atom. The first-order chi connectivity index (χ1) is 8.68. The average molecular weight is 261 g/mol. The third kappa shape index (κ3) is 2.92. The molecule has 2 N–H and O–H groups in total. The molecule has 0 bridgehead atoms. The first kappa shape index (κ1) is 12.7. The first-order valence-corrected chi connectivity index (χ1v) is 6.67. The zero-order chi connectivity index (χ0) is 13.0. The maximum Gasteiger partial charge on any atom is 0.218 e. The van der Waals surface area contributed by atoms with Gasteiger partial charge in [-0.1, -0.05) is 30.0 Å². The largest absolute Gasteiger partial charge is 0.370 e. The average Bonchev–Trinajstić information content (AvgIpc) is 2.77. The molecule has 0 saturated carbocycles. The molecule has 0 aliphatic rings. The van der Waals surface area contributed by atoms with Gasteiger partial charge in [0.05, 0.1) is 5.69 Å². The molecule has 2 aromatic rings. The third-order valence-electron chi connectivity index (χ3n) is 2.56. The van der Waals surface area contributed by atoms with E-state index >= 15 is 0 Å². The summed E-state index contributed by atoms with van der Waals surface area (Å²) in [5.74, 6) is 0.370. The lowest BCUT2D eigenvalue weighted by Crippen LogP contribution is -2.11. The van der Waals surface area contributed by atoms with Gasteiger partial charge in [-0.25, -0.2) is 4.98 Å². The Hall–Kier alpha value is -1.75. The van der Waals surface area contributed by atoms with Crippen LogP contribution in [0.4, 0.5) is 0 Å². The van der Waals surface area contributed by atoms with E-state index in [9.17, 15) is 4.79 Å². The maximum absolute atomic E-state index is 10.7. The molecule has 0 spiro atoms. The van der Waals surface area contributed by atoms with E-state index in [0.717, 1.165) is 10.8 Å². The van der Waals surface area contributed by atoms with Crippen LogP contribution in [0.2, 0.25) is 0 Å². The Morgan fingerprint density at radius 3 is 2.94 bits per heavy atom. The minimum atomic E-state index is -0.281. The van der Waals surface area contributed by atoms with Gasteiger partial charge in [0, 0.05) is 24.6 Å². The summed E-state index contributed by atoms with van der Waals surface area (Å²) in [5.41, 5.74) is 7.42. The van der Waals surface area contributed by atoms with Gasteiger partial charge in [-0.15, -0.1) is 0 Å². The molecule has 94 valence electrons. The Balaban J connectivity index is 2.18. The fourth-order valence-corrected chi connectivity index (χ4v) is 2.58. The summed E-state index contributed by atoms with van der Waals surface area (Å²) in [6.45, 7) is 2.06. The van der Waals surface area contributed by atoms with Gasteiger partial charge in [-0.2, -0.15) is 0 Å². The summed E-state index contributed by atoms with van der Waals surface area (Å²) in [5, 5.41) is 0.880. The van der Waals surface area contributed by atoms with E-state index in [2.05, 4.69) is 24.0 Å². The van der Waals surface area contributed by atoms with Crippen molar-refractivity contribution < 1.29 is 4.79 Å². The van der Waals surface area contributed by atoms with Crippen LogP contribution in [0.1, 0.15) is 12.0 Å². The van der Waals surface area contributed by atoms with E-state index < -0.39 is 0 Å². The molecule has 0 unspecified atom stereocenters.